The van der Waals surface area contributed by atoms with Crippen molar-refractivity contribution in [2.45, 2.75) is 18.9 Å². The fourth-order valence-electron chi connectivity index (χ4n) is 1.85. The monoisotopic (exact) mass is 316 g/mol. The zero-order valence-electron chi connectivity index (χ0n) is 10.6. The van der Waals surface area contributed by atoms with Gasteiger partial charge in [-0.2, -0.15) is 0 Å². The number of benzene rings is 1. The number of ether oxygens (including phenoxy) is 1. The summed E-state index contributed by atoms with van der Waals surface area (Å²) in [4.78, 5) is 23.3. The van der Waals surface area contributed by atoms with Crippen LogP contribution in [0.25, 0.3) is 0 Å². The minimum Gasteiger partial charge on any atom is -0.376 e. The molecule has 108 valence electrons. The molecule has 1 saturated heterocycles. The van der Waals surface area contributed by atoms with E-state index in [0.29, 0.717) is 28.9 Å². The van der Waals surface area contributed by atoms with Gasteiger partial charge in [0.1, 0.15) is 0 Å². The number of halogens is 2. The lowest BCUT2D eigenvalue weighted by molar-refractivity contribution is -0.136. The van der Waals surface area contributed by atoms with Crippen LogP contribution in [-0.4, -0.2) is 31.1 Å². The normalized spacial score (nSPS) is 17.8. The number of carbonyl (C=O) groups is 2. The first-order chi connectivity index (χ1) is 9.56. The lowest BCUT2D eigenvalue weighted by Gasteiger charge is -2.11. The molecule has 0 spiro atoms. The average molecular weight is 317 g/mol. The third kappa shape index (κ3) is 4.10. The highest BCUT2D eigenvalue weighted by Gasteiger charge is 2.19. The summed E-state index contributed by atoms with van der Waals surface area (Å²) in [5.41, 5.74) is 0.414. The molecule has 1 aromatic rings. The minimum absolute atomic E-state index is 0.00303. The van der Waals surface area contributed by atoms with E-state index in [4.69, 9.17) is 27.9 Å². The fraction of sp³-hybridized carbons (Fsp3) is 0.385. The largest absolute Gasteiger partial charge is 0.376 e. The molecule has 1 aliphatic heterocycles. The molecular weight excluding hydrogens is 303 g/mol. The van der Waals surface area contributed by atoms with Gasteiger partial charge >= 0.3 is 11.8 Å². The van der Waals surface area contributed by atoms with Gasteiger partial charge in [0.05, 0.1) is 16.1 Å². The van der Waals surface area contributed by atoms with Crippen LogP contribution in [0.1, 0.15) is 12.8 Å². The summed E-state index contributed by atoms with van der Waals surface area (Å²) >= 11 is 11.6. The van der Waals surface area contributed by atoms with Crippen LogP contribution in [-0.2, 0) is 14.3 Å². The van der Waals surface area contributed by atoms with Crippen LogP contribution in [0.2, 0.25) is 10.0 Å². The second-order valence-corrected chi connectivity index (χ2v) is 5.24. The Bertz CT molecular complexity index is 516. The first-order valence-electron chi connectivity index (χ1n) is 6.22. The van der Waals surface area contributed by atoms with Crippen molar-refractivity contribution in [2.75, 3.05) is 18.5 Å². The van der Waals surface area contributed by atoms with Crippen LogP contribution in [0, 0.1) is 0 Å². The van der Waals surface area contributed by atoms with E-state index in [9.17, 15) is 9.59 Å². The molecular formula is C13H14Cl2N2O3. The van der Waals surface area contributed by atoms with Crippen LogP contribution in [0.4, 0.5) is 5.69 Å². The lowest BCUT2D eigenvalue weighted by Crippen LogP contribution is -2.39. The van der Waals surface area contributed by atoms with Crippen LogP contribution in [0.5, 0.6) is 0 Å². The standard InChI is InChI=1S/C13H14Cl2N2O3/c14-10-4-3-8(6-11(10)15)17-13(19)12(18)16-7-9-2-1-5-20-9/h3-4,6,9H,1-2,5,7H2,(H,16,18)(H,17,19)/t9-/m0/s1. The molecule has 1 heterocycles. The smallest absolute Gasteiger partial charge is 0.313 e. The number of nitrogens with one attached hydrogen (secondary N) is 2. The van der Waals surface area contributed by atoms with E-state index in [0.717, 1.165) is 12.8 Å². The summed E-state index contributed by atoms with van der Waals surface area (Å²) in [6, 6.07) is 4.60. The molecule has 20 heavy (non-hydrogen) atoms. The third-order valence-electron chi connectivity index (χ3n) is 2.90. The maximum absolute atomic E-state index is 11.7. The maximum atomic E-state index is 11.7. The summed E-state index contributed by atoms with van der Waals surface area (Å²) in [6.07, 6.45) is 1.88. The number of anilines is 1. The van der Waals surface area contributed by atoms with E-state index >= 15 is 0 Å². The van der Waals surface area contributed by atoms with Crippen molar-refractivity contribution in [3.8, 4) is 0 Å². The van der Waals surface area contributed by atoms with Crippen LogP contribution < -0.4 is 10.6 Å². The van der Waals surface area contributed by atoms with Crippen molar-refractivity contribution in [3.05, 3.63) is 28.2 Å². The molecule has 0 bridgehead atoms. The van der Waals surface area contributed by atoms with E-state index in [-0.39, 0.29) is 6.10 Å². The summed E-state index contributed by atoms with van der Waals surface area (Å²) in [5, 5.41) is 5.68. The highest BCUT2D eigenvalue weighted by Crippen LogP contribution is 2.24. The Morgan fingerprint density at radius 1 is 1.25 bits per heavy atom. The maximum Gasteiger partial charge on any atom is 0.313 e. The molecule has 1 aromatic carbocycles. The number of rotatable bonds is 3. The predicted octanol–water partition coefficient (Wildman–Crippen LogP) is 2.23. The van der Waals surface area contributed by atoms with E-state index < -0.39 is 11.8 Å². The van der Waals surface area contributed by atoms with Gasteiger partial charge in [-0.05, 0) is 31.0 Å². The van der Waals surface area contributed by atoms with Gasteiger partial charge in [0.25, 0.3) is 0 Å². The van der Waals surface area contributed by atoms with E-state index in [2.05, 4.69) is 10.6 Å². The molecule has 1 atom stereocenters. The third-order valence-corrected chi connectivity index (χ3v) is 3.64. The molecule has 2 amide bonds. The van der Waals surface area contributed by atoms with Crippen molar-refractivity contribution in [1.82, 2.24) is 5.32 Å². The zero-order valence-corrected chi connectivity index (χ0v) is 12.1. The Labute approximate surface area is 126 Å². The molecule has 0 saturated carbocycles. The summed E-state index contributed by atoms with van der Waals surface area (Å²) < 4.78 is 5.35. The second-order valence-electron chi connectivity index (χ2n) is 4.43. The Morgan fingerprint density at radius 3 is 2.70 bits per heavy atom. The van der Waals surface area contributed by atoms with Gasteiger partial charge in [-0.3, -0.25) is 9.59 Å². The first-order valence-corrected chi connectivity index (χ1v) is 6.97. The molecule has 0 unspecified atom stereocenters. The molecule has 7 heteroatoms. The van der Waals surface area contributed by atoms with Crippen LogP contribution >= 0.6 is 23.2 Å². The van der Waals surface area contributed by atoms with Gasteiger partial charge in [0.2, 0.25) is 0 Å². The van der Waals surface area contributed by atoms with Gasteiger partial charge in [-0.25, -0.2) is 0 Å². The van der Waals surface area contributed by atoms with Crippen molar-refractivity contribution in [2.24, 2.45) is 0 Å². The van der Waals surface area contributed by atoms with E-state index in [1.165, 1.54) is 6.07 Å². The average Bonchev–Trinajstić information content (AvgIpc) is 2.93. The Balaban J connectivity index is 1.83. The fourth-order valence-corrected chi connectivity index (χ4v) is 2.15. The van der Waals surface area contributed by atoms with E-state index in [1.807, 2.05) is 0 Å². The second kappa shape index (κ2) is 6.92. The summed E-state index contributed by atoms with van der Waals surface area (Å²) in [7, 11) is 0. The Hall–Kier alpha value is -1.30. The Kier molecular flexibility index (Phi) is 5.23. The highest BCUT2D eigenvalue weighted by atomic mass is 35.5. The number of hydrogen-bond donors (Lipinski definition) is 2. The van der Waals surface area contributed by atoms with Gasteiger partial charge in [0.15, 0.2) is 0 Å². The molecule has 5 nitrogen and oxygen atoms in total. The van der Waals surface area contributed by atoms with Crippen LogP contribution in [0.15, 0.2) is 18.2 Å². The molecule has 1 aliphatic rings. The van der Waals surface area contributed by atoms with E-state index in [1.54, 1.807) is 12.1 Å². The van der Waals surface area contributed by atoms with Crippen molar-refractivity contribution in [3.63, 3.8) is 0 Å². The molecule has 2 rings (SSSR count). The summed E-state index contributed by atoms with van der Waals surface area (Å²) in [5.74, 6) is -1.45. The van der Waals surface area contributed by atoms with Gasteiger partial charge in [0, 0.05) is 18.8 Å². The SMILES string of the molecule is O=C(NC[C@@H]1CCCO1)C(=O)Nc1ccc(Cl)c(Cl)c1. The molecule has 0 radical (unpaired) electrons. The number of carbonyl (C=O) groups excluding carboxylic acids is 2. The van der Waals surface area contributed by atoms with Crippen molar-refractivity contribution >= 4 is 40.7 Å². The molecule has 2 N–H and O–H groups in total. The van der Waals surface area contributed by atoms with Crippen molar-refractivity contribution in [1.29, 1.82) is 0 Å². The van der Waals surface area contributed by atoms with Gasteiger partial charge in [-0.15, -0.1) is 0 Å². The van der Waals surface area contributed by atoms with Gasteiger partial charge in [-0.1, -0.05) is 23.2 Å². The molecule has 0 aromatic heterocycles. The highest BCUT2D eigenvalue weighted by molar-refractivity contribution is 6.42. The molecule has 1 fully saturated rings. The number of hydrogen-bond acceptors (Lipinski definition) is 3. The summed E-state index contributed by atoms with van der Waals surface area (Å²) in [6.45, 7) is 1.05. The first kappa shape index (κ1) is 15.1. The van der Waals surface area contributed by atoms with Crippen molar-refractivity contribution < 1.29 is 14.3 Å². The topological polar surface area (TPSA) is 67.4 Å². The Morgan fingerprint density at radius 2 is 2.05 bits per heavy atom. The quantitative estimate of drug-likeness (QED) is 0.840. The minimum atomic E-state index is -0.749. The zero-order chi connectivity index (χ0) is 14.5. The molecule has 0 aliphatic carbocycles. The van der Waals surface area contributed by atoms with Gasteiger partial charge < -0.3 is 15.4 Å². The lowest BCUT2D eigenvalue weighted by atomic mass is 10.2. The number of amides is 2. The predicted molar refractivity (Wildman–Crippen MR) is 77.1 cm³/mol. The van der Waals surface area contributed by atoms with Crippen LogP contribution in [0.3, 0.4) is 0 Å².